The van der Waals surface area contributed by atoms with Crippen LogP contribution >= 0.6 is 15.9 Å². The third-order valence-corrected chi connectivity index (χ3v) is 3.84. The van der Waals surface area contributed by atoms with Crippen molar-refractivity contribution >= 4 is 45.4 Å². The molecule has 0 spiro atoms. The molecule has 5 nitrogen and oxygen atoms in total. The van der Waals surface area contributed by atoms with E-state index in [-0.39, 0.29) is 0 Å². The second-order valence-corrected chi connectivity index (χ2v) is 5.98. The highest BCUT2D eigenvalue weighted by molar-refractivity contribution is 9.10. The number of methoxy groups -OCH3 is 1. The topological polar surface area (TPSA) is 58.6 Å². The van der Waals surface area contributed by atoms with Crippen molar-refractivity contribution in [2.24, 2.45) is 0 Å². The second kappa shape index (κ2) is 8.43. The minimum atomic E-state index is -0.490. The van der Waals surface area contributed by atoms with Crippen LogP contribution in [0.1, 0.15) is 5.56 Å². The van der Waals surface area contributed by atoms with Crippen LogP contribution in [0.4, 0.5) is 20.6 Å². The molecule has 0 aromatic heterocycles. The average molecular weight is 407 g/mol. The van der Waals surface area contributed by atoms with Crippen LogP contribution in [0.3, 0.4) is 0 Å². The summed E-state index contributed by atoms with van der Waals surface area (Å²) < 4.78 is 19.0. The van der Waals surface area contributed by atoms with Gasteiger partial charge in [0.25, 0.3) is 0 Å². The Morgan fingerprint density at radius 2 is 1.88 bits per heavy atom. The second-order valence-electron chi connectivity index (χ2n) is 5.06. The lowest BCUT2D eigenvalue weighted by Crippen LogP contribution is -2.25. The van der Waals surface area contributed by atoms with E-state index in [1.54, 1.807) is 43.4 Å². The summed E-state index contributed by atoms with van der Waals surface area (Å²) in [5, 5.41) is 2.66. The maximum Gasteiger partial charge on any atom is 0.413 e. The van der Waals surface area contributed by atoms with Gasteiger partial charge in [0.2, 0.25) is 5.91 Å². The molecule has 0 unspecified atom stereocenters. The zero-order valence-corrected chi connectivity index (χ0v) is 15.2. The SMILES string of the molecule is COC(=O)N(C)c1ccc(NC(=O)/C=C/c2cc(Br)ccc2F)cc1. The number of carbonyl (C=O) groups is 2. The van der Waals surface area contributed by atoms with Crippen LogP contribution in [0.15, 0.2) is 53.0 Å². The number of hydrogen-bond donors (Lipinski definition) is 1. The van der Waals surface area contributed by atoms with Gasteiger partial charge >= 0.3 is 6.09 Å². The van der Waals surface area contributed by atoms with E-state index < -0.39 is 17.8 Å². The summed E-state index contributed by atoms with van der Waals surface area (Å²) in [6.07, 6.45) is 2.16. The van der Waals surface area contributed by atoms with Gasteiger partial charge in [0, 0.05) is 34.5 Å². The Morgan fingerprint density at radius 3 is 2.52 bits per heavy atom. The molecule has 2 aromatic rings. The summed E-state index contributed by atoms with van der Waals surface area (Å²) in [7, 11) is 2.88. The van der Waals surface area contributed by atoms with Gasteiger partial charge in [0.15, 0.2) is 0 Å². The number of hydrogen-bond acceptors (Lipinski definition) is 3. The lowest BCUT2D eigenvalue weighted by atomic mass is 10.2. The Hall–Kier alpha value is -2.67. The van der Waals surface area contributed by atoms with Crippen molar-refractivity contribution < 1.29 is 18.7 Å². The number of amides is 2. The molecule has 0 atom stereocenters. The first kappa shape index (κ1) is 18.7. The van der Waals surface area contributed by atoms with E-state index in [4.69, 9.17) is 0 Å². The molecule has 0 heterocycles. The number of nitrogens with one attached hydrogen (secondary N) is 1. The maximum absolute atomic E-state index is 13.6. The van der Waals surface area contributed by atoms with Crippen LogP contribution in [0.2, 0.25) is 0 Å². The van der Waals surface area contributed by atoms with Crippen LogP contribution in [-0.4, -0.2) is 26.2 Å². The number of benzene rings is 2. The summed E-state index contributed by atoms with van der Waals surface area (Å²) in [5.74, 6) is -0.809. The molecule has 0 saturated carbocycles. The lowest BCUT2D eigenvalue weighted by Gasteiger charge is -2.15. The van der Waals surface area contributed by atoms with Crippen molar-refractivity contribution in [3.8, 4) is 0 Å². The first-order valence-electron chi connectivity index (χ1n) is 7.26. The zero-order chi connectivity index (χ0) is 18.4. The number of nitrogens with zero attached hydrogens (tertiary/aromatic N) is 1. The minimum Gasteiger partial charge on any atom is -0.452 e. The van der Waals surface area contributed by atoms with Crippen molar-refractivity contribution in [2.45, 2.75) is 0 Å². The molecular weight excluding hydrogens is 391 g/mol. The molecule has 0 radical (unpaired) electrons. The fourth-order valence-electron chi connectivity index (χ4n) is 2.00. The lowest BCUT2D eigenvalue weighted by molar-refractivity contribution is -0.111. The van der Waals surface area contributed by atoms with E-state index in [1.165, 1.54) is 30.2 Å². The summed E-state index contributed by atoms with van der Waals surface area (Å²) in [6, 6.07) is 11.1. The van der Waals surface area contributed by atoms with Crippen LogP contribution in [0.5, 0.6) is 0 Å². The summed E-state index contributed by atoms with van der Waals surface area (Å²) in [4.78, 5) is 24.7. The molecule has 0 aliphatic carbocycles. The van der Waals surface area contributed by atoms with E-state index in [0.29, 0.717) is 16.9 Å². The van der Waals surface area contributed by atoms with Crippen LogP contribution in [0.25, 0.3) is 6.08 Å². The largest absolute Gasteiger partial charge is 0.452 e. The fourth-order valence-corrected chi connectivity index (χ4v) is 2.38. The Balaban J connectivity index is 2.02. The van der Waals surface area contributed by atoms with E-state index in [0.717, 1.165) is 4.47 Å². The Morgan fingerprint density at radius 1 is 1.20 bits per heavy atom. The first-order chi connectivity index (χ1) is 11.9. The van der Waals surface area contributed by atoms with E-state index >= 15 is 0 Å². The summed E-state index contributed by atoms with van der Waals surface area (Å²) >= 11 is 3.25. The smallest absolute Gasteiger partial charge is 0.413 e. The Kier molecular flexibility index (Phi) is 6.30. The molecule has 0 saturated heterocycles. The third-order valence-electron chi connectivity index (χ3n) is 3.34. The van der Waals surface area contributed by atoms with Crippen molar-refractivity contribution in [2.75, 3.05) is 24.4 Å². The highest BCUT2D eigenvalue weighted by Gasteiger charge is 2.10. The maximum atomic E-state index is 13.6. The minimum absolute atomic E-state index is 0.305. The molecule has 2 rings (SSSR count). The van der Waals surface area contributed by atoms with Gasteiger partial charge in [-0.3, -0.25) is 9.69 Å². The van der Waals surface area contributed by atoms with Gasteiger partial charge in [-0.15, -0.1) is 0 Å². The molecule has 0 aliphatic heterocycles. The number of carbonyl (C=O) groups excluding carboxylic acids is 2. The fraction of sp³-hybridized carbons (Fsp3) is 0.111. The molecule has 2 amide bonds. The summed E-state index contributed by atoms with van der Waals surface area (Å²) in [5.41, 5.74) is 1.47. The average Bonchev–Trinajstić information content (AvgIpc) is 2.61. The predicted octanol–water partition coefficient (Wildman–Crippen LogP) is 4.44. The summed E-state index contributed by atoms with van der Waals surface area (Å²) in [6.45, 7) is 0. The van der Waals surface area contributed by atoms with Gasteiger partial charge in [-0.25, -0.2) is 9.18 Å². The van der Waals surface area contributed by atoms with Gasteiger partial charge in [-0.2, -0.15) is 0 Å². The molecule has 2 aromatic carbocycles. The molecule has 130 valence electrons. The normalized spacial score (nSPS) is 10.6. The first-order valence-corrected chi connectivity index (χ1v) is 8.06. The van der Waals surface area contributed by atoms with Crippen molar-refractivity contribution in [3.63, 3.8) is 0 Å². The predicted molar refractivity (Wildman–Crippen MR) is 99.0 cm³/mol. The van der Waals surface area contributed by atoms with Crippen molar-refractivity contribution in [1.29, 1.82) is 0 Å². The van der Waals surface area contributed by atoms with Crippen molar-refractivity contribution in [1.82, 2.24) is 0 Å². The number of halogens is 2. The van der Waals surface area contributed by atoms with Gasteiger partial charge in [-0.1, -0.05) is 15.9 Å². The molecule has 0 aliphatic rings. The quantitative estimate of drug-likeness (QED) is 0.763. The highest BCUT2D eigenvalue weighted by Crippen LogP contribution is 2.18. The van der Waals surface area contributed by atoms with Crippen LogP contribution < -0.4 is 10.2 Å². The van der Waals surface area contributed by atoms with Crippen LogP contribution in [-0.2, 0) is 9.53 Å². The molecule has 1 N–H and O–H groups in total. The number of anilines is 2. The van der Waals surface area contributed by atoms with Gasteiger partial charge in [-0.05, 0) is 48.5 Å². The monoisotopic (exact) mass is 406 g/mol. The molecular formula is C18H16BrFN2O3. The molecule has 0 fully saturated rings. The van der Waals surface area contributed by atoms with E-state index in [2.05, 4.69) is 26.0 Å². The Labute approximate surface area is 153 Å². The highest BCUT2D eigenvalue weighted by atomic mass is 79.9. The molecule has 0 bridgehead atoms. The van der Waals surface area contributed by atoms with Gasteiger partial charge in [0.1, 0.15) is 5.82 Å². The Bertz CT molecular complexity index is 806. The molecule has 7 heteroatoms. The van der Waals surface area contributed by atoms with E-state index in [1.807, 2.05) is 0 Å². The van der Waals surface area contributed by atoms with Gasteiger partial charge < -0.3 is 10.1 Å². The van der Waals surface area contributed by atoms with Gasteiger partial charge in [0.05, 0.1) is 7.11 Å². The number of rotatable bonds is 4. The van der Waals surface area contributed by atoms with E-state index in [9.17, 15) is 14.0 Å². The van der Waals surface area contributed by atoms with Crippen molar-refractivity contribution in [3.05, 3.63) is 64.4 Å². The molecule has 25 heavy (non-hydrogen) atoms. The zero-order valence-electron chi connectivity index (χ0n) is 13.6. The third kappa shape index (κ3) is 5.15. The standard InChI is InChI=1S/C18H16BrFN2O3/c1-22(18(24)25-2)15-7-5-14(6-8-15)21-17(23)10-3-12-11-13(19)4-9-16(12)20/h3-11H,1-2H3,(H,21,23)/b10-3+. The van der Waals surface area contributed by atoms with Crippen LogP contribution in [0, 0.1) is 5.82 Å². The number of ether oxygens (including phenoxy) is 1.